The molecule has 0 aliphatic rings. The number of pyridine rings is 1. The topological polar surface area (TPSA) is 71.2 Å². The summed E-state index contributed by atoms with van der Waals surface area (Å²) in [5.74, 6) is 1.33. The van der Waals surface area contributed by atoms with Gasteiger partial charge in [0.25, 0.3) is 0 Å². The molecule has 0 spiro atoms. The lowest BCUT2D eigenvalue weighted by Gasteiger charge is -2.14. The van der Waals surface area contributed by atoms with Gasteiger partial charge >= 0.3 is 0 Å². The van der Waals surface area contributed by atoms with Gasteiger partial charge in [-0.2, -0.15) is 0 Å². The fourth-order valence-electron chi connectivity index (χ4n) is 1.39. The van der Waals surface area contributed by atoms with Crippen molar-refractivity contribution < 1.29 is 5.11 Å². The SMILES string of the molecule is CCC(CCO)CNc1ccc(N)cn1. The van der Waals surface area contributed by atoms with Crippen LogP contribution in [0.1, 0.15) is 19.8 Å². The van der Waals surface area contributed by atoms with E-state index in [9.17, 15) is 0 Å². The van der Waals surface area contributed by atoms with Crippen LogP contribution >= 0.6 is 0 Å². The Kier molecular flexibility index (Phi) is 4.90. The average molecular weight is 209 g/mol. The van der Waals surface area contributed by atoms with Gasteiger partial charge in [0.2, 0.25) is 0 Å². The third kappa shape index (κ3) is 4.16. The first-order valence-corrected chi connectivity index (χ1v) is 5.32. The predicted octanol–water partition coefficient (Wildman–Crippen LogP) is 1.48. The summed E-state index contributed by atoms with van der Waals surface area (Å²) < 4.78 is 0. The molecule has 1 aromatic rings. The molecule has 1 atom stereocenters. The molecule has 0 saturated carbocycles. The molecule has 1 unspecified atom stereocenters. The number of aliphatic hydroxyl groups excluding tert-OH is 1. The summed E-state index contributed by atoms with van der Waals surface area (Å²) in [7, 11) is 0. The number of nitrogen functional groups attached to an aromatic ring is 1. The van der Waals surface area contributed by atoms with E-state index in [1.165, 1.54) is 0 Å². The van der Waals surface area contributed by atoms with Crippen LogP contribution in [0.4, 0.5) is 11.5 Å². The maximum absolute atomic E-state index is 8.84. The number of aliphatic hydroxyl groups is 1. The molecule has 84 valence electrons. The number of hydrogen-bond acceptors (Lipinski definition) is 4. The van der Waals surface area contributed by atoms with Gasteiger partial charge in [-0.3, -0.25) is 0 Å². The van der Waals surface area contributed by atoms with Gasteiger partial charge in [0, 0.05) is 13.2 Å². The molecule has 15 heavy (non-hydrogen) atoms. The quantitative estimate of drug-likeness (QED) is 0.663. The molecular weight excluding hydrogens is 190 g/mol. The molecule has 1 aromatic heterocycles. The molecule has 4 heteroatoms. The number of aromatic nitrogens is 1. The summed E-state index contributed by atoms with van der Waals surface area (Å²) in [6.45, 7) is 3.21. The number of anilines is 2. The molecule has 4 N–H and O–H groups in total. The second-order valence-corrected chi connectivity index (χ2v) is 3.64. The van der Waals surface area contributed by atoms with Crippen LogP contribution in [0.15, 0.2) is 18.3 Å². The monoisotopic (exact) mass is 209 g/mol. The van der Waals surface area contributed by atoms with Crippen LogP contribution in [-0.4, -0.2) is 23.2 Å². The highest BCUT2D eigenvalue weighted by Crippen LogP contribution is 2.10. The predicted molar refractivity (Wildman–Crippen MR) is 62.6 cm³/mol. The Hall–Kier alpha value is -1.29. The minimum absolute atomic E-state index is 0.245. The van der Waals surface area contributed by atoms with Crippen molar-refractivity contribution in [2.45, 2.75) is 19.8 Å². The van der Waals surface area contributed by atoms with Crippen molar-refractivity contribution in [2.24, 2.45) is 5.92 Å². The number of hydrogen-bond donors (Lipinski definition) is 3. The van der Waals surface area contributed by atoms with E-state index < -0.39 is 0 Å². The van der Waals surface area contributed by atoms with E-state index in [1.54, 1.807) is 6.20 Å². The van der Waals surface area contributed by atoms with Crippen molar-refractivity contribution in [1.29, 1.82) is 0 Å². The Labute approximate surface area is 90.5 Å². The third-order valence-corrected chi connectivity index (χ3v) is 2.47. The number of nitrogens with one attached hydrogen (secondary N) is 1. The van der Waals surface area contributed by atoms with Gasteiger partial charge < -0.3 is 16.2 Å². The number of rotatable bonds is 6. The van der Waals surface area contributed by atoms with Crippen molar-refractivity contribution in [2.75, 3.05) is 24.2 Å². The maximum atomic E-state index is 8.84. The standard InChI is InChI=1S/C11H19N3O/c1-2-9(5-6-15)7-13-11-4-3-10(12)8-14-11/h3-4,8-9,15H,2,5-7,12H2,1H3,(H,13,14). The second-order valence-electron chi connectivity index (χ2n) is 3.64. The molecular formula is C11H19N3O. The number of nitrogens with zero attached hydrogens (tertiary/aromatic N) is 1. The van der Waals surface area contributed by atoms with Gasteiger partial charge in [-0.1, -0.05) is 13.3 Å². The van der Waals surface area contributed by atoms with E-state index in [2.05, 4.69) is 17.2 Å². The van der Waals surface area contributed by atoms with Crippen LogP contribution in [0.5, 0.6) is 0 Å². The van der Waals surface area contributed by atoms with Crippen LogP contribution in [0.2, 0.25) is 0 Å². The van der Waals surface area contributed by atoms with Crippen LogP contribution in [-0.2, 0) is 0 Å². The summed E-state index contributed by atoms with van der Waals surface area (Å²) in [6, 6.07) is 3.68. The van der Waals surface area contributed by atoms with E-state index in [0.717, 1.165) is 25.2 Å². The van der Waals surface area contributed by atoms with Crippen molar-refractivity contribution in [3.63, 3.8) is 0 Å². The van der Waals surface area contributed by atoms with Crippen molar-refractivity contribution >= 4 is 11.5 Å². The molecule has 1 rings (SSSR count). The van der Waals surface area contributed by atoms with Crippen LogP contribution in [0, 0.1) is 5.92 Å². The highest BCUT2D eigenvalue weighted by molar-refractivity contribution is 5.43. The maximum Gasteiger partial charge on any atom is 0.126 e. The van der Waals surface area contributed by atoms with Crippen LogP contribution in [0.3, 0.4) is 0 Å². The van der Waals surface area contributed by atoms with Gasteiger partial charge in [-0.25, -0.2) is 4.98 Å². The van der Waals surface area contributed by atoms with E-state index in [-0.39, 0.29) is 6.61 Å². The Bertz CT molecular complexity index is 274. The van der Waals surface area contributed by atoms with E-state index in [0.29, 0.717) is 11.6 Å². The lowest BCUT2D eigenvalue weighted by molar-refractivity contribution is 0.258. The van der Waals surface area contributed by atoms with Crippen LogP contribution < -0.4 is 11.1 Å². The van der Waals surface area contributed by atoms with Crippen molar-refractivity contribution in [1.82, 2.24) is 4.98 Å². The van der Waals surface area contributed by atoms with Gasteiger partial charge in [0.15, 0.2) is 0 Å². The minimum atomic E-state index is 0.245. The smallest absolute Gasteiger partial charge is 0.126 e. The lowest BCUT2D eigenvalue weighted by atomic mass is 10.0. The fraction of sp³-hybridized carbons (Fsp3) is 0.545. The fourth-order valence-corrected chi connectivity index (χ4v) is 1.39. The Morgan fingerprint density at radius 1 is 1.53 bits per heavy atom. The summed E-state index contributed by atoms with van der Waals surface area (Å²) in [5, 5.41) is 12.1. The zero-order chi connectivity index (χ0) is 11.1. The Morgan fingerprint density at radius 3 is 2.87 bits per heavy atom. The summed E-state index contributed by atoms with van der Waals surface area (Å²) in [5.41, 5.74) is 6.20. The molecule has 0 aromatic carbocycles. The van der Waals surface area contributed by atoms with Gasteiger partial charge in [-0.05, 0) is 24.5 Å². The normalized spacial score (nSPS) is 12.4. The molecule has 4 nitrogen and oxygen atoms in total. The third-order valence-electron chi connectivity index (χ3n) is 2.47. The highest BCUT2D eigenvalue weighted by Gasteiger charge is 2.05. The second kappa shape index (κ2) is 6.24. The molecule has 0 fully saturated rings. The Balaban J connectivity index is 2.38. The first-order valence-electron chi connectivity index (χ1n) is 5.32. The molecule has 0 amide bonds. The molecule has 0 saturated heterocycles. The van der Waals surface area contributed by atoms with E-state index in [4.69, 9.17) is 10.8 Å². The molecule has 0 aliphatic heterocycles. The van der Waals surface area contributed by atoms with Gasteiger partial charge in [0.05, 0.1) is 11.9 Å². The van der Waals surface area contributed by atoms with Gasteiger partial charge in [-0.15, -0.1) is 0 Å². The molecule has 1 heterocycles. The van der Waals surface area contributed by atoms with E-state index in [1.807, 2.05) is 12.1 Å². The zero-order valence-electron chi connectivity index (χ0n) is 9.11. The van der Waals surface area contributed by atoms with E-state index >= 15 is 0 Å². The van der Waals surface area contributed by atoms with Crippen LogP contribution in [0.25, 0.3) is 0 Å². The zero-order valence-corrected chi connectivity index (χ0v) is 9.11. The summed E-state index contributed by atoms with van der Waals surface area (Å²) in [6.07, 6.45) is 3.52. The molecule has 0 bridgehead atoms. The highest BCUT2D eigenvalue weighted by atomic mass is 16.3. The Morgan fingerprint density at radius 2 is 2.33 bits per heavy atom. The summed E-state index contributed by atoms with van der Waals surface area (Å²) >= 11 is 0. The first kappa shape index (κ1) is 11.8. The van der Waals surface area contributed by atoms with Gasteiger partial charge in [0.1, 0.15) is 5.82 Å². The summed E-state index contributed by atoms with van der Waals surface area (Å²) in [4.78, 5) is 4.15. The molecule has 0 aliphatic carbocycles. The largest absolute Gasteiger partial charge is 0.397 e. The average Bonchev–Trinajstić information content (AvgIpc) is 2.26. The minimum Gasteiger partial charge on any atom is -0.397 e. The lowest BCUT2D eigenvalue weighted by Crippen LogP contribution is -2.15. The number of nitrogens with two attached hydrogens (primary N) is 1. The van der Waals surface area contributed by atoms with Crippen molar-refractivity contribution in [3.05, 3.63) is 18.3 Å². The molecule has 0 radical (unpaired) electrons. The van der Waals surface area contributed by atoms with Crippen molar-refractivity contribution in [3.8, 4) is 0 Å². The first-order chi connectivity index (χ1) is 7.26.